The van der Waals surface area contributed by atoms with Crippen molar-refractivity contribution in [3.8, 4) is 0 Å². The first-order valence-electron chi connectivity index (χ1n) is 14.8. The number of fused-ring (bicyclic) bond motifs is 8. The Labute approximate surface area is 250 Å². The van der Waals surface area contributed by atoms with Gasteiger partial charge in [-0.25, -0.2) is 4.79 Å². The molecule has 3 nitrogen and oxygen atoms in total. The van der Waals surface area contributed by atoms with Crippen LogP contribution in [-0.2, 0) is 17.6 Å². The lowest BCUT2D eigenvalue weighted by Gasteiger charge is -2.38. The Morgan fingerprint density at radius 1 is 0.833 bits per heavy atom. The summed E-state index contributed by atoms with van der Waals surface area (Å²) in [5, 5.41) is 13.8. The van der Waals surface area contributed by atoms with E-state index >= 15 is 0 Å². The minimum absolute atomic E-state index is 0.146. The normalized spacial score (nSPS) is 20.5. The van der Waals surface area contributed by atoms with E-state index in [1.807, 2.05) is 36.4 Å². The van der Waals surface area contributed by atoms with Crippen molar-refractivity contribution in [3.63, 3.8) is 0 Å². The molecule has 4 heteroatoms. The zero-order chi connectivity index (χ0) is 28.4. The predicted molar refractivity (Wildman–Crippen MR) is 171 cm³/mol. The summed E-state index contributed by atoms with van der Waals surface area (Å²) < 4.78 is 0. The van der Waals surface area contributed by atoms with Crippen molar-refractivity contribution in [2.45, 2.75) is 38.0 Å². The second-order valence-corrected chi connectivity index (χ2v) is 12.2. The maximum atomic E-state index is 12.4. The number of aliphatic carboxylic acids is 1. The smallest absolute Gasteiger partial charge is 0.335 e. The van der Waals surface area contributed by atoms with E-state index in [2.05, 4.69) is 54.6 Å². The molecule has 1 radical (unpaired) electrons. The lowest BCUT2D eigenvalue weighted by atomic mass is 9.65. The Bertz CT molecular complexity index is 1910. The van der Waals surface area contributed by atoms with Crippen molar-refractivity contribution in [2.24, 2.45) is 10.9 Å². The number of hydrogen-bond acceptors (Lipinski definition) is 2. The molecule has 3 aliphatic carbocycles. The summed E-state index contributed by atoms with van der Waals surface area (Å²) >= 11 is 6.40. The van der Waals surface area contributed by atoms with Gasteiger partial charge in [0.2, 0.25) is 0 Å². The largest absolute Gasteiger partial charge is 0.478 e. The fourth-order valence-corrected chi connectivity index (χ4v) is 7.82. The van der Waals surface area contributed by atoms with Gasteiger partial charge in [0.05, 0.1) is 17.0 Å². The number of benzene rings is 4. The van der Waals surface area contributed by atoms with E-state index in [9.17, 15) is 9.90 Å². The molecular formula is C38H29ClNO2. The lowest BCUT2D eigenvalue weighted by Crippen LogP contribution is -2.31. The van der Waals surface area contributed by atoms with E-state index in [4.69, 9.17) is 16.6 Å². The number of aliphatic imine (C=N–C) groups is 1. The molecule has 42 heavy (non-hydrogen) atoms. The van der Waals surface area contributed by atoms with E-state index < -0.39 is 5.97 Å². The summed E-state index contributed by atoms with van der Waals surface area (Å²) in [7, 11) is 0. The highest BCUT2D eigenvalue weighted by atomic mass is 35.5. The highest BCUT2D eigenvalue weighted by Crippen LogP contribution is 2.51. The van der Waals surface area contributed by atoms with Crippen LogP contribution in [0.4, 0.5) is 5.69 Å². The van der Waals surface area contributed by atoms with Gasteiger partial charge in [0.1, 0.15) is 0 Å². The molecule has 4 aliphatic rings. The quantitative estimate of drug-likeness (QED) is 0.268. The van der Waals surface area contributed by atoms with Crippen LogP contribution < -0.4 is 0 Å². The number of carbonyl (C=O) groups is 1. The fraction of sp³-hybridized carbons (Fsp3) is 0.184. The van der Waals surface area contributed by atoms with Gasteiger partial charge >= 0.3 is 5.97 Å². The molecule has 205 valence electrons. The van der Waals surface area contributed by atoms with Crippen LogP contribution in [0, 0.1) is 11.8 Å². The molecule has 1 aliphatic heterocycles. The van der Waals surface area contributed by atoms with Gasteiger partial charge in [-0.2, -0.15) is 0 Å². The number of aryl methyl sites for hydroxylation is 2. The molecule has 0 saturated carbocycles. The SMILES string of the molecule is O=C(O)C1=CC([C](c2ccccc2)C2CCCc3c2ccc2c4c(ccc32)C=C(Cl)CC4)C2=Nc3ccccc3C2=C1. The van der Waals surface area contributed by atoms with Gasteiger partial charge < -0.3 is 5.11 Å². The average molecular weight is 567 g/mol. The van der Waals surface area contributed by atoms with Crippen LogP contribution in [0.1, 0.15) is 58.6 Å². The summed E-state index contributed by atoms with van der Waals surface area (Å²) in [5.41, 5.74) is 10.7. The van der Waals surface area contributed by atoms with Crippen LogP contribution in [0.2, 0.25) is 0 Å². The van der Waals surface area contributed by atoms with Crippen LogP contribution in [0.5, 0.6) is 0 Å². The van der Waals surface area contributed by atoms with E-state index in [-0.39, 0.29) is 11.8 Å². The fourth-order valence-electron chi connectivity index (χ4n) is 7.61. The van der Waals surface area contributed by atoms with Crippen LogP contribution in [0.3, 0.4) is 0 Å². The van der Waals surface area contributed by atoms with Gasteiger partial charge in [0.15, 0.2) is 0 Å². The van der Waals surface area contributed by atoms with E-state index in [0.29, 0.717) is 5.57 Å². The Balaban J connectivity index is 1.31. The van der Waals surface area contributed by atoms with Crippen LogP contribution in [-0.4, -0.2) is 16.8 Å². The molecule has 0 spiro atoms. The number of carboxylic acids is 1. The maximum Gasteiger partial charge on any atom is 0.335 e. The third kappa shape index (κ3) is 4.02. The van der Waals surface area contributed by atoms with Gasteiger partial charge in [-0.15, -0.1) is 0 Å². The van der Waals surface area contributed by atoms with E-state index in [0.717, 1.165) is 65.2 Å². The molecule has 0 fully saturated rings. The Morgan fingerprint density at radius 3 is 2.48 bits per heavy atom. The van der Waals surface area contributed by atoms with Crippen LogP contribution >= 0.6 is 11.6 Å². The van der Waals surface area contributed by atoms with Gasteiger partial charge in [-0.1, -0.05) is 90.5 Å². The van der Waals surface area contributed by atoms with E-state index in [1.54, 1.807) is 6.08 Å². The highest BCUT2D eigenvalue weighted by Gasteiger charge is 2.41. The molecule has 0 bridgehead atoms. The monoisotopic (exact) mass is 566 g/mol. The molecule has 0 saturated heterocycles. The molecule has 0 amide bonds. The molecule has 2 atom stereocenters. The summed E-state index contributed by atoms with van der Waals surface area (Å²) in [6, 6.07) is 27.8. The summed E-state index contributed by atoms with van der Waals surface area (Å²) in [6.07, 6.45) is 10.8. The molecule has 0 aromatic heterocycles. The zero-order valence-electron chi connectivity index (χ0n) is 23.1. The number of para-hydroxylation sites is 1. The third-order valence-electron chi connectivity index (χ3n) is 9.43. The topological polar surface area (TPSA) is 49.7 Å². The van der Waals surface area contributed by atoms with Gasteiger partial charge in [-0.3, -0.25) is 4.99 Å². The highest BCUT2D eigenvalue weighted by molar-refractivity contribution is 6.33. The molecule has 4 aromatic carbocycles. The van der Waals surface area contributed by atoms with Gasteiger partial charge in [-0.05, 0) is 94.8 Å². The standard InChI is InChI=1S/C38H29ClNO2/c39-25-14-16-26-23(19-25)13-15-29-27-10-6-11-32(30(27)18-17-28(26)29)36(22-7-2-1-3-8-22)34-21-24(38(41)42)20-33-31-9-4-5-12-35(31)40-37(33)34/h1-5,7-9,12-13,15,17-21,32,34H,6,10-11,14,16H2,(H,41,42). The molecule has 4 aromatic rings. The molecular weight excluding hydrogens is 538 g/mol. The van der Waals surface area contributed by atoms with Crippen molar-refractivity contribution in [1.29, 1.82) is 0 Å². The first kappa shape index (κ1) is 25.5. The number of nitrogens with zero attached hydrogens (tertiary/aromatic N) is 1. The number of allylic oxidation sites excluding steroid dienone is 3. The summed E-state index contributed by atoms with van der Waals surface area (Å²) in [5.74, 6) is 0.234. The Morgan fingerprint density at radius 2 is 1.62 bits per heavy atom. The second-order valence-electron chi connectivity index (χ2n) is 11.7. The van der Waals surface area contributed by atoms with Crippen molar-refractivity contribution in [1.82, 2.24) is 0 Å². The number of halogens is 1. The van der Waals surface area contributed by atoms with Crippen molar-refractivity contribution in [2.75, 3.05) is 0 Å². The number of hydrogen-bond donors (Lipinski definition) is 1. The molecule has 1 heterocycles. The van der Waals surface area contributed by atoms with Gasteiger partial charge in [0.25, 0.3) is 0 Å². The minimum atomic E-state index is -0.905. The first-order chi connectivity index (χ1) is 20.6. The lowest BCUT2D eigenvalue weighted by molar-refractivity contribution is -0.132. The minimum Gasteiger partial charge on any atom is -0.478 e. The Hall–Kier alpha value is -4.21. The van der Waals surface area contributed by atoms with Gasteiger partial charge in [0, 0.05) is 28.0 Å². The summed E-state index contributed by atoms with van der Waals surface area (Å²) in [4.78, 5) is 17.6. The predicted octanol–water partition coefficient (Wildman–Crippen LogP) is 9.22. The number of carboxylic acid groups (broad SMARTS) is 1. The molecule has 8 rings (SSSR count). The average Bonchev–Trinajstić information content (AvgIpc) is 3.40. The Kier molecular flexibility index (Phi) is 6.05. The third-order valence-corrected chi connectivity index (χ3v) is 9.73. The number of rotatable bonds is 4. The van der Waals surface area contributed by atoms with Crippen LogP contribution in [0.25, 0.3) is 22.4 Å². The van der Waals surface area contributed by atoms with Crippen molar-refractivity contribution < 1.29 is 9.90 Å². The van der Waals surface area contributed by atoms with E-state index in [1.165, 1.54) is 38.9 Å². The van der Waals surface area contributed by atoms with Crippen LogP contribution in [0.15, 0.2) is 107 Å². The van der Waals surface area contributed by atoms with Crippen molar-refractivity contribution in [3.05, 3.63) is 141 Å². The zero-order valence-corrected chi connectivity index (χ0v) is 23.9. The molecule has 1 N–H and O–H groups in total. The maximum absolute atomic E-state index is 12.4. The summed E-state index contributed by atoms with van der Waals surface area (Å²) in [6.45, 7) is 0. The van der Waals surface area contributed by atoms with Crippen molar-refractivity contribution >= 4 is 51.4 Å². The molecule has 2 unspecified atom stereocenters. The first-order valence-corrected chi connectivity index (χ1v) is 15.2. The second kappa shape index (κ2) is 9.96.